The lowest BCUT2D eigenvalue weighted by atomic mass is 10.2. The second-order valence-corrected chi connectivity index (χ2v) is 3.15. The van der Waals surface area contributed by atoms with Gasteiger partial charge in [0.05, 0.1) is 10.6 Å². The Kier molecular flexibility index (Phi) is 3.51. The quantitative estimate of drug-likeness (QED) is 0.718. The molecule has 1 aromatic carbocycles. The molecular weight excluding hydrogens is 222 g/mol. The fourth-order valence-corrected chi connectivity index (χ4v) is 1.14. The van der Waals surface area contributed by atoms with Crippen molar-refractivity contribution in [2.24, 2.45) is 0 Å². The Balaban J connectivity index is 2.81. The van der Waals surface area contributed by atoms with Gasteiger partial charge in [-0.05, 0) is 18.2 Å². The van der Waals surface area contributed by atoms with E-state index in [0.717, 1.165) is 0 Å². The van der Waals surface area contributed by atoms with E-state index in [2.05, 4.69) is 5.32 Å². The summed E-state index contributed by atoms with van der Waals surface area (Å²) in [5, 5.41) is 19.7. The first-order valence-electron chi connectivity index (χ1n) is 3.99. The molecule has 0 aliphatic carbocycles. The molecule has 1 aromatic rings. The Morgan fingerprint density at radius 2 is 2.07 bits per heavy atom. The highest BCUT2D eigenvalue weighted by Crippen LogP contribution is 2.20. The van der Waals surface area contributed by atoms with Crippen molar-refractivity contribution in [1.82, 2.24) is 5.32 Å². The van der Waals surface area contributed by atoms with Crippen LogP contribution in [0.3, 0.4) is 0 Å². The molecule has 0 heterocycles. The Morgan fingerprint density at radius 3 is 2.67 bits per heavy atom. The number of rotatable bonds is 3. The minimum absolute atomic E-state index is 0.0397. The number of aliphatic carboxylic acids is 1. The summed E-state index contributed by atoms with van der Waals surface area (Å²) in [6.45, 7) is -0.495. The highest BCUT2D eigenvalue weighted by molar-refractivity contribution is 6.33. The summed E-state index contributed by atoms with van der Waals surface area (Å²) in [7, 11) is 0. The molecule has 6 heteroatoms. The number of phenolic OH excluding ortho intramolecular Hbond substituents is 1. The number of hydrogen-bond donors (Lipinski definition) is 3. The number of carbonyl (C=O) groups is 2. The van der Waals surface area contributed by atoms with Crippen LogP contribution in [0.15, 0.2) is 18.2 Å². The van der Waals surface area contributed by atoms with Crippen molar-refractivity contribution < 1.29 is 19.8 Å². The number of hydrogen-bond acceptors (Lipinski definition) is 3. The van der Waals surface area contributed by atoms with Crippen molar-refractivity contribution in [3.05, 3.63) is 28.8 Å². The average molecular weight is 230 g/mol. The van der Waals surface area contributed by atoms with E-state index in [4.69, 9.17) is 21.8 Å². The summed E-state index contributed by atoms with van der Waals surface area (Å²) >= 11 is 5.69. The largest absolute Gasteiger partial charge is 0.508 e. The van der Waals surface area contributed by atoms with Crippen LogP contribution >= 0.6 is 11.6 Å². The molecule has 0 aromatic heterocycles. The molecule has 0 aliphatic rings. The van der Waals surface area contributed by atoms with E-state index in [1.165, 1.54) is 18.2 Å². The van der Waals surface area contributed by atoms with Crippen LogP contribution in [0.25, 0.3) is 0 Å². The molecule has 0 fully saturated rings. The molecule has 0 saturated carbocycles. The van der Waals surface area contributed by atoms with Gasteiger partial charge in [-0.15, -0.1) is 0 Å². The Bertz CT molecular complexity index is 405. The van der Waals surface area contributed by atoms with Crippen LogP contribution in [0.5, 0.6) is 5.75 Å². The van der Waals surface area contributed by atoms with Crippen LogP contribution < -0.4 is 5.32 Å². The smallest absolute Gasteiger partial charge is 0.322 e. The number of carbonyl (C=O) groups excluding carboxylic acids is 1. The molecular formula is C9H8ClNO4. The molecule has 1 rings (SSSR count). The van der Waals surface area contributed by atoms with E-state index < -0.39 is 18.4 Å². The summed E-state index contributed by atoms with van der Waals surface area (Å²) in [5.74, 6) is -1.90. The van der Waals surface area contributed by atoms with Crippen LogP contribution in [0.4, 0.5) is 0 Å². The predicted octanol–water partition coefficient (Wildman–Crippen LogP) is 0.860. The summed E-state index contributed by atoms with van der Waals surface area (Å²) in [5.41, 5.74) is 0.0397. The number of benzene rings is 1. The molecule has 0 atom stereocenters. The molecule has 0 bridgehead atoms. The third-order valence-corrected chi connectivity index (χ3v) is 1.92. The van der Waals surface area contributed by atoms with Crippen LogP contribution in [-0.2, 0) is 4.79 Å². The lowest BCUT2D eigenvalue weighted by Crippen LogP contribution is -2.29. The molecule has 0 spiro atoms. The lowest BCUT2D eigenvalue weighted by Gasteiger charge is -2.04. The molecule has 0 aliphatic heterocycles. The van der Waals surface area contributed by atoms with Gasteiger partial charge in [0, 0.05) is 0 Å². The van der Waals surface area contributed by atoms with E-state index in [1.54, 1.807) is 0 Å². The summed E-state index contributed by atoms with van der Waals surface area (Å²) < 4.78 is 0. The SMILES string of the molecule is O=C(O)CNC(=O)c1cc(O)ccc1Cl. The van der Waals surface area contributed by atoms with Gasteiger partial charge in [-0.1, -0.05) is 11.6 Å². The van der Waals surface area contributed by atoms with Crippen molar-refractivity contribution in [1.29, 1.82) is 0 Å². The number of carboxylic acids is 1. The van der Waals surface area contributed by atoms with Crippen molar-refractivity contribution in [3.8, 4) is 5.75 Å². The van der Waals surface area contributed by atoms with Crippen molar-refractivity contribution in [2.75, 3.05) is 6.54 Å². The summed E-state index contributed by atoms with van der Waals surface area (Å²) in [6, 6.07) is 3.85. The van der Waals surface area contributed by atoms with Crippen molar-refractivity contribution in [2.45, 2.75) is 0 Å². The molecule has 5 nitrogen and oxygen atoms in total. The Morgan fingerprint density at radius 1 is 1.40 bits per heavy atom. The predicted molar refractivity (Wildman–Crippen MR) is 53.1 cm³/mol. The van der Waals surface area contributed by atoms with Gasteiger partial charge in [0.2, 0.25) is 0 Å². The van der Waals surface area contributed by atoms with Crippen LogP contribution in [-0.4, -0.2) is 28.6 Å². The second kappa shape index (κ2) is 4.65. The third kappa shape index (κ3) is 3.14. The third-order valence-electron chi connectivity index (χ3n) is 1.59. The van der Waals surface area contributed by atoms with Gasteiger partial charge in [0.1, 0.15) is 12.3 Å². The molecule has 15 heavy (non-hydrogen) atoms. The maximum Gasteiger partial charge on any atom is 0.322 e. The zero-order valence-electron chi connectivity index (χ0n) is 7.53. The van der Waals surface area contributed by atoms with Gasteiger partial charge in [-0.2, -0.15) is 0 Å². The van der Waals surface area contributed by atoms with E-state index in [9.17, 15) is 9.59 Å². The van der Waals surface area contributed by atoms with E-state index in [1.807, 2.05) is 0 Å². The number of phenols is 1. The van der Waals surface area contributed by atoms with Crippen LogP contribution in [0.2, 0.25) is 5.02 Å². The first-order valence-corrected chi connectivity index (χ1v) is 4.37. The molecule has 3 N–H and O–H groups in total. The van der Waals surface area contributed by atoms with Gasteiger partial charge in [0.25, 0.3) is 5.91 Å². The van der Waals surface area contributed by atoms with Crippen molar-refractivity contribution >= 4 is 23.5 Å². The van der Waals surface area contributed by atoms with Gasteiger partial charge >= 0.3 is 5.97 Å². The topological polar surface area (TPSA) is 86.6 Å². The summed E-state index contributed by atoms with van der Waals surface area (Å²) in [6.07, 6.45) is 0. The highest BCUT2D eigenvalue weighted by Gasteiger charge is 2.11. The van der Waals surface area contributed by atoms with Crippen molar-refractivity contribution in [3.63, 3.8) is 0 Å². The minimum Gasteiger partial charge on any atom is -0.508 e. The van der Waals surface area contributed by atoms with E-state index >= 15 is 0 Å². The fraction of sp³-hybridized carbons (Fsp3) is 0.111. The monoisotopic (exact) mass is 229 g/mol. The number of aromatic hydroxyl groups is 1. The maximum atomic E-state index is 11.4. The molecule has 0 unspecified atom stereocenters. The van der Waals surface area contributed by atoms with Gasteiger partial charge in [-0.3, -0.25) is 9.59 Å². The zero-order chi connectivity index (χ0) is 11.4. The zero-order valence-corrected chi connectivity index (χ0v) is 8.28. The van der Waals surface area contributed by atoms with E-state index in [0.29, 0.717) is 0 Å². The first-order chi connectivity index (χ1) is 7.00. The van der Waals surface area contributed by atoms with Crippen LogP contribution in [0, 0.1) is 0 Å². The van der Waals surface area contributed by atoms with E-state index in [-0.39, 0.29) is 16.3 Å². The van der Waals surface area contributed by atoms with Crippen LogP contribution in [0.1, 0.15) is 10.4 Å². The minimum atomic E-state index is -1.15. The highest BCUT2D eigenvalue weighted by atomic mass is 35.5. The normalized spacial score (nSPS) is 9.67. The molecule has 1 amide bonds. The number of halogens is 1. The Hall–Kier alpha value is -1.75. The number of nitrogens with one attached hydrogen (secondary N) is 1. The lowest BCUT2D eigenvalue weighted by molar-refractivity contribution is -0.135. The van der Waals surface area contributed by atoms with Gasteiger partial charge < -0.3 is 15.5 Å². The Labute approximate surface area is 90.3 Å². The first kappa shape index (κ1) is 11.3. The summed E-state index contributed by atoms with van der Waals surface area (Å²) in [4.78, 5) is 21.5. The van der Waals surface area contributed by atoms with Gasteiger partial charge in [0.15, 0.2) is 0 Å². The molecule has 0 radical (unpaired) electrons. The standard InChI is InChI=1S/C9H8ClNO4/c10-7-2-1-5(12)3-6(7)9(15)11-4-8(13)14/h1-3,12H,4H2,(H,11,15)(H,13,14). The number of carboxylic acid groups (broad SMARTS) is 1. The average Bonchev–Trinajstić information content (AvgIpc) is 2.18. The maximum absolute atomic E-state index is 11.4. The molecule has 80 valence electrons. The fourth-order valence-electron chi connectivity index (χ4n) is 0.938. The second-order valence-electron chi connectivity index (χ2n) is 2.74. The van der Waals surface area contributed by atoms with Gasteiger partial charge in [-0.25, -0.2) is 0 Å². The number of amides is 1. The molecule has 0 saturated heterocycles.